The molecule has 1 aliphatic heterocycles. The summed E-state index contributed by atoms with van der Waals surface area (Å²) in [6.45, 7) is 3.40. The van der Waals surface area contributed by atoms with E-state index in [1.807, 2.05) is 24.7 Å². The monoisotopic (exact) mass is 237 g/mol. The number of carboxylic acid groups (broad SMARTS) is 1. The predicted molar refractivity (Wildman–Crippen MR) is 65.0 cm³/mol. The number of carboxylic acids is 1. The first-order valence-corrected chi connectivity index (χ1v) is 6.05. The highest BCUT2D eigenvalue weighted by molar-refractivity contribution is 5.75. The topological polar surface area (TPSA) is 58.4 Å². The lowest BCUT2D eigenvalue weighted by Crippen LogP contribution is -2.48. The normalized spacial score (nSPS) is 24.9. The molecule has 0 amide bonds. The van der Waals surface area contributed by atoms with Crippen molar-refractivity contribution in [3.8, 4) is 0 Å². The van der Waals surface area contributed by atoms with Crippen molar-refractivity contribution in [2.45, 2.75) is 26.2 Å². The lowest BCUT2D eigenvalue weighted by atomic mass is 9.78. The number of anilines is 1. The molecule has 1 N–H and O–H groups in total. The van der Waals surface area contributed by atoms with E-state index in [-0.39, 0.29) is 0 Å². The van der Waals surface area contributed by atoms with E-state index in [0.29, 0.717) is 13.0 Å². The zero-order valence-electron chi connectivity index (χ0n) is 10.4. The van der Waals surface area contributed by atoms with Gasteiger partial charge >= 0.3 is 5.97 Å². The largest absolute Gasteiger partial charge is 0.481 e. The van der Waals surface area contributed by atoms with Crippen LogP contribution >= 0.6 is 0 Å². The number of carbonyl (C=O) groups is 1. The Kier molecular flexibility index (Phi) is 3.09. The summed E-state index contributed by atoms with van der Waals surface area (Å²) in [5.74, 6) is 0.183. The minimum Gasteiger partial charge on any atom is -0.481 e. The predicted octanol–water partition coefficient (Wildman–Crippen LogP) is 1.50. The van der Waals surface area contributed by atoms with Gasteiger partial charge in [0.1, 0.15) is 0 Å². The summed E-state index contributed by atoms with van der Waals surface area (Å²) in [6, 6.07) is 0. The van der Waals surface area contributed by atoms with Crippen LogP contribution in [0.4, 0.5) is 5.95 Å². The van der Waals surface area contributed by atoms with Gasteiger partial charge in [0.15, 0.2) is 0 Å². The molecule has 17 heavy (non-hydrogen) atoms. The molecule has 0 bridgehead atoms. The lowest BCUT2D eigenvalue weighted by Gasteiger charge is -2.39. The quantitative estimate of drug-likeness (QED) is 0.865. The van der Waals surface area contributed by atoms with Gasteiger partial charge in [-0.1, -0.05) is 6.92 Å². The summed E-state index contributed by atoms with van der Waals surface area (Å²) in [5.41, 5.74) is -0.607. The molecule has 5 nitrogen and oxygen atoms in total. The molecule has 1 aromatic rings. The first-order valence-electron chi connectivity index (χ1n) is 6.05. The third-order valence-corrected chi connectivity index (χ3v) is 3.79. The number of aliphatic carboxylic acids is 1. The van der Waals surface area contributed by atoms with Crippen molar-refractivity contribution < 1.29 is 9.90 Å². The number of hydrogen-bond donors (Lipinski definition) is 1. The summed E-state index contributed by atoms with van der Waals surface area (Å²) in [6.07, 6.45) is 5.98. The van der Waals surface area contributed by atoms with Gasteiger partial charge in [-0.05, 0) is 19.3 Å². The molecule has 2 heterocycles. The first kappa shape index (κ1) is 12.0. The second-order valence-corrected chi connectivity index (χ2v) is 4.80. The Balaban J connectivity index is 2.23. The summed E-state index contributed by atoms with van der Waals surface area (Å²) >= 11 is 0. The van der Waals surface area contributed by atoms with E-state index in [1.54, 1.807) is 6.20 Å². The Bertz CT molecular complexity index is 416. The molecule has 5 heteroatoms. The minimum atomic E-state index is -0.682. The molecular formula is C12H19N3O2. The van der Waals surface area contributed by atoms with Crippen molar-refractivity contribution >= 4 is 11.9 Å². The number of rotatable bonds is 3. The molecule has 94 valence electrons. The zero-order valence-corrected chi connectivity index (χ0v) is 10.4. The SMILES string of the molecule is CCC1(C(=O)O)CCCN(c2nccn2C)C1. The van der Waals surface area contributed by atoms with E-state index in [2.05, 4.69) is 9.88 Å². The van der Waals surface area contributed by atoms with Crippen LogP contribution in [0.2, 0.25) is 0 Å². The highest BCUT2D eigenvalue weighted by Crippen LogP contribution is 2.35. The number of nitrogens with zero attached hydrogens (tertiary/aromatic N) is 3. The molecule has 0 spiro atoms. The van der Waals surface area contributed by atoms with Gasteiger partial charge in [0.05, 0.1) is 5.41 Å². The van der Waals surface area contributed by atoms with E-state index in [9.17, 15) is 9.90 Å². The Hall–Kier alpha value is -1.52. The highest BCUT2D eigenvalue weighted by Gasteiger charge is 2.41. The fourth-order valence-electron chi connectivity index (χ4n) is 2.58. The first-order chi connectivity index (χ1) is 8.09. The Morgan fingerprint density at radius 1 is 1.65 bits per heavy atom. The van der Waals surface area contributed by atoms with E-state index < -0.39 is 11.4 Å². The van der Waals surface area contributed by atoms with Crippen LogP contribution in [-0.4, -0.2) is 33.7 Å². The van der Waals surface area contributed by atoms with E-state index >= 15 is 0 Å². The second kappa shape index (κ2) is 4.39. The molecule has 1 aromatic heterocycles. The van der Waals surface area contributed by atoms with Gasteiger partial charge in [-0.2, -0.15) is 0 Å². The molecule has 0 aliphatic carbocycles. The molecule has 1 unspecified atom stereocenters. The molecule has 2 rings (SSSR count). The van der Waals surface area contributed by atoms with Crippen LogP contribution in [0.1, 0.15) is 26.2 Å². The van der Waals surface area contributed by atoms with Crippen molar-refractivity contribution in [2.24, 2.45) is 12.5 Å². The average molecular weight is 237 g/mol. The van der Waals surface area contributed by atoms with Gasteiger partial charge in [0.2, 0.25) is 5.95 Å². The number of piperidine rings is 1. The van der Waals surface area contributed by atoms with Gasteiger partial charge in [-0.25, -0.2) is 4.98 Å². The van der Waals surface area contributed by atoms with E-state index in [4.69, 9.17) is 0 Å². The Morgan fingerprint density at radius 3 is 2.94 bits per heavy atom. The van der Waals surface area contributed by atoms with Crippen LogP contribution in [0.25, 0.3) is 0 Å². The Morgan fingerprint density at radius 2 is 2.41 bits per heavy atom. The molecule has 1 atom stereocenters. The lowest BCUT2D eigenvalue weighted by molar-refractivity contribution is -0.149. The van der Waals surface area contributed by atoms with Crippen LogP contribution in [0.5, 0.6) is 0 Å². The third kappa shape index (κ3) is 2.01. The van der Waals surface area contributed by atoms with Crippen LogP contribution in [0.15, 0.2) is 12.4 Å². The Labute approximate surface area is 101 Å². The minimum absolute atomic E-state index is 0.559. The van der Waals surface area contributed by atoms with Crippen LogP contribution < -0.4 is 4.90 Å². The fourth-order valence-corrected chi connectivity index (χ4v) is 2.58. The molecule has 1 saturated heterocycles. The molecule has 0 saturated carbocycles. The van der Waals surface area contributed by atoms with Crippen molar-refractivity contribution in [1.82, 2.24) is 9.55 Å². The zero-order chi connectivity index (χ0) is 12.5. The van der Waals surface area contributed by atoms with Crippen molar-refractivity contribution in [2.75, 3.05) is 18.0 Å². The number of imidazole rings is 1. The van der Waals surface area contributed by atoms with Gasteiger partial charge in [-0.3, -0.25) is 4.79 Å². The van der Waals surface area contributed by atoms with Gasteiger partial charge in [0.25, 0.3) is 0 Å². The van der Waals surface area contributed by atoms with Gasteiger partial charge in [0, 0.05) is 32.5 Å². The summed E-state index contributed by atoms with van der Waals surface area (Å²) in [7, 11) is 1.94. The summed E-state index contributed by atoms with van der Waals surface area (Å²) in [5, 5.41) is 9.42. The van der Waals surface area contributed by atoms with Gasteiger partial charge in [-0.15, -0.1) is 0 Å². The maximum atomic E-state index is 11.5. The maximum absolute atomic E-state index is 11.5. The van der Waals surface area contributed by atoms with Crippen LogP contribution in [0.3, 0.4) is 0 Å². The molecule has 1 aliphatic rings. The molecule has 0 aromatic carbocycles. The second-order valence-electron chi connectivity index (χ2n) is 4.80. The standard InChI is InChI=1S/C12H19N3O2/c1-3-12(10(16)17)5-4-7-15(9-12)11-13-6-8-14(11)2/h6,8H,3-5,7,9H2,1-2H3,(H,16,17). The summed E-state index contributed by atoms with van der Waals surface area (Å²) in [4.78, 5) is 17.8. The van der Waals surface area contributed by atoms with Crippen LogP contribution in [0, 0.1) is 5.41 Å². The smallest absolute Gasteiger partial charge is 0.311 e. The van der Waals surface area contributed by atoms with Crippen molar-refractivity contribution in [3.05, 3.63) is 12.4 Å². The maximum Gasteiger partial charge on any atom is 0.311 e. The van der Waals surface area contributed by atoms with Gasteiger partial charge < -0.3 is 14.6 Å². The molecule has 0 radical (unpaired) electrons. The third-order valence-electron chi connectivity index (χ3n) is 3.79. The van der Waals surface area contributed by atoms with E-state index in [1.165, 1.54) is 0 Å². The molecular weight excluding hydrogens is 218 g/mol. The number of aryl methyl sites for hydroxylation is 1. The van der Waals surface area contributed by atoms with Crippen LogP contribution in [-0.2, 0) is 11.8 Å². The average Bonchev–Trinajstić information content (AvgIpc) is 2.75. The number of aromatic nitrogens is 2. The van der Waals surface area contributed by atoms with E-state index in [0.717, 1.165) is 25.3 Å². The van der Waals surface area contributed by atoms with Crippen molar-refractivity contribution in [3.63, 3.8) is 0 Å². The van der Waals surface area contributed by atoms with Crippen molar-refractivity contribution in [1.29, 1.82) is 0 Å². The number of hydrogen-bond acceptors (Lipinski definition) is 3. The molecule has 1 fully saturated rings. The highest BCUT2D eigenvalue weighted by atomic mass is 16.4. The summed E-state index contributed by atoms with van der Waals surface area (Å²) < 4.78 is 1.94. The fraction of sp³-hybridized carbons (Fsp3) is 0.667.